The molecule has 2 bridgehead atoms. The Morgan fingerprint density at radius 1 is 0.821 bits per heavy atom. The summed E-state index contributed by atoms with van der Waals surface area (Å²) in [4.78, 5) is 0. The molecule has 0 aliphatic heterocycles. The second kappa shape index (κ2) is 9.75. The molecular weight excluding hydrogens is 447 g/mol. The second-order valence-corrected chi connectivity index (χ2v) is 24.6. The van der Waals surface area contributed by atoms with Crippen molar-refractivity contribution in [3.05, 3.63) is 10.2 Å². The number of fused-ring (bicyclic) bond motifs is 2. The normalized spacial score (nSPS) is 35.0. The summed E-state index contributed by atoms with van der Waals surface area (Å²) in [6.45, 7) is 16.6. The van der Waals surface area contributed by atoms with Gasteiger partial charge in [-0.2, -0.15) is 0 Å². The van der Waals surface area contributed by atoms with Gasteiger partial charge in [-0.25, -0.2) is 0 Å². The van der Waals surface area contributed by atoms with Crippen molar-refractivity contribution in [3.63, 3.8) is 0 Å². The first-order valence-corrected chi connectivity index (χ1v) is 20.2. The van der Waals surface area contributed by atoms with Crippen molar-refractivity contribution < 1.29 is 5.11 Å². The number of rotatable bonds is 11. The van der Waals surface area contributed by atoms with Crippen LogP contribution in [0.15, 0.2) is 10.2 Å². The minimum atomic E-state index is -2.27. The Balaban J connectivity index is 2.34. The van der Waals surface area contributed by atoms with E-state index in [1.807, 2.05) is 0 Å². The summed E-state index contributed by atoms with van der Waals surface area (Å²) in [7, 11) is 0. The van der Waals surface area contributed by atoms with Crippen molar-refractivity contribution >= 4 is 18.4 Å². The molecule has 0 aromatic rings. The van der Waals surface area contributed by atoms with Gasteiger partial charge in [-0.3, -0.25) is 0 Å². The van der Waals surface area contributed by atoms with Gasteiger partial charge < -0.3 is 0 Å². The zero-order valence-electron chi connectivity index (χ0n) is 20.2. The number of hydrogen-bond donors (Lipinski definition) is 1. The van der Waals surface area contributed by atoms with E-state index in [0.717, 1.165) is 12.3 Å². The molecule has 28 heavy (non-hydrogen) atoms. The maximum absolute atomic E-state index is 11.4. The van der Waals surface area contributed by atoms with Gasteiger partial charge in [0.05, 0.1) is 0 Å². The fourth-order valence-corrected chi connectivity index (χ4v) is 22.1. The Bertz CT molecular complexity index is 499. The molecule has 4 atom stereocenters. The van der Waals surface area contributed by atoms with Crippen LogP contribution in [0.3, 0.4) is 0 Å². The molecule has 0 saturated heterocycles. The monoisotopic (exact) mass is 498 g/mol. The summed E-state index contributed by atoms with van der Waals surface area (Å²) in [6, 6.07) is 0. The van der Waals surface area contributed by atoms with E-state index in [1.165, 1.54) is 51.4 Å². The molecule has 0 aromatic carbocycles. The van der Waals surface area contributed by atoms with Gasteiger partial charge >= 0.3 is 181 Å². The third kappa shape index (κ3) is 5.21. The van der Waals surface area contributed by atoms with Gasteiger partial charge in [0.2, 0.25) is 0 Å². The van der Waals surface area contributed by atoms with Gasteiger partial charge in [-0.15, -0.1) is 0 Å². The van der Waals surface area contributed by atoms with Crippen molar-refractivity contribution in [1.29, 1.82) is 0 Å². The van der Waals surface area contributed by atoms with Crippen LogP contribution in [0.1, 0.15) is 106 Å². The Kier molecular flexibility index (Phi) is 8.62. The summed E-state index contributed by atoms with van der Waals surface area (Å²) in [6.07, 6.45) is 14.5. The molecule has 0 spiro atoms. The van der Waals surface area contributed by atoms with Crippen LogP contribution in [-0.4, -0.2) is 29.1 Å². The van der Waals surface area contributed by atoms with Gasteiger partial charge in [0.1, 0.15) is 0 Å². The third-order valence-electron chi connectivity index (χ3n) is 8.73. The van der Waals surface area contributed by atoms with E-state index < -0.39 is 24.0 Å². The van der Waals surface area contributed by atoms with Gasteiger partial charge in [-0.05, 0) is 0 Å². The summed E-state index contributed by atoms with van der Waals surface area (Å²) in [5, 5.41) is 11.4. The van der Waals surface area contributed by atoms with Crippen molar-refractivity contribution in [2.45, 2.75) is 125 Å². The fourth-order valence-electron chi connectivity index (χ4n) is 7.38. The first-order chi connectivity index (χ1) is 13.1. The van der Waals surface area contributed by atoms with Crippen LogP contribution in [0.25, 0.3) is 0 Å². The summed E-state index contributed by atoms with van der Waals surface area (Å²) in [5.74, 6) is 1.20. The Labute approximate surface area is 181 Å². The molecule has 0 amide bonds. The van der Waals surface area contributed by atoms with Gasteiger partial charge in [0.15, 0.2) is 0 Å². The van der Waals surface area contributed by atoms with Gasteiger partial charge in [0, 0.05) is 0 Å². The molecule has 2 heteroatoms. The average Bonchev–Trinajstić information content (AvgIpc) is 2.90. The van der Waals surface area contributed by atoms with E-state index in [1.54, 1.807) is 13.3 Å². The Morgan fingerprint density at radius 3 is 1.75 bits per heavy atom. The van der Waals surface area contributed by atoms with E-state index in [2.05, 4.69) is 58.6 Å². The van der Waals surface area contributed by atoms with E-state index >= 15 is 0 Å². The second-order valence-electron chi connectivity index (χ2n) is 11.6. The van der Waals surface area contributed by atoms with E-state index in [-0.39, 0.29) is 10.8 Å². The molecule has 164 valence electrons. The SMILES string of the molecule is CCC[CH2][Sn](/[CH]=C\[C@]1(C)C[C@@](C)(O)[C@@H]2CC[C@H]1C2(C)C)([CH2]CCC)[CH2]CCC. The number of hydrogen-bond acceptors (Lipinski definition) is 1. The van der Waals surface area contributed by atoms with Crippen LogP contribution in [0, 0.1) is 22.7 Å². The number of aliphatic hydroxyl groups is 1. The topological polar surface area (TPSA) is 20.2 Å². The van der Waals surface area contributed by atoms with Crippen LogP contribution in [0.2, 0.25) is 13.3 Å². The van der Waals surface area contributed by atoms with E-state index in [0.29, 0.717) is 5.92 Å². The van der Waals surface area contributed by atoms with Gasteiger partial charge in [-0.1, -0.05) is 0 Å². The molecule has 2 aliphatic rings. The van der Waals surface area contributed by atoms with Crippen LogP contribution >= 0.6 is 0 Å². The fraction of sp³-hybridized carbons (Fsp3) is 0.923. The third-order valence-corrected chi connectivity index (χ3v) is 22.8. The zero-order chi connectivity index (χ0) is 21.1. The van der Waals surface area contributed by atoms with Crippen molar-refractivity contribution in [1.82, 2.24) is 0 Å². The Hall–Kier alpha value is 0.499. The van der Waals surface area contributed by atoms with Crippen molar-refractivity contribution in [2.24, 2.45) is 22.7 Å². The van der Waals surface area contributed by atoms with E-state index in [4.69, 9.17) is 0 Å². The van der Waals surface area contributed by atoms with Crippen molar-refractivity contribution in [2.75, 3.05) is 0 Å². The molecule has 0 heterocycles. The van der Waals surface area contributed by atoms with Crippen LogP contribution in [0.4, 0.5) is 0 Å². The first-order valence-electron chi connectivity index (χ1n) is 12.5. The molecule has 0 aromatic heterocycles. The molecule has 2 rings (SSSR count). The molecule has 1 nitrogen and oxygen atoms in total. The predicted octanol–water partition coefficient (Wildman–Crippen LogP) is 8.14. The molecule has 0 unspecified atom stereocenters. The molecule has 2 saturated carbocycles. The molecular formula is C26H50OSn. The standard InChI is InChI=1S/C14H23O.3C4H9.Sn/c1-6-13(4)9-14(5,15)11-8-7-10(13)12(11,2)3;3*1-3-4-2;/h1,6,10-11,15H,7-9H2,2-5H3;3*1,3-4H2,2H3;/t10-,11+,13+,14+;;;;/m0..../s1. The molecule has 2 aliphatic carbocycles. The quantitative estimate of drug-likeness (QED) is 0.286. The number of unbranched alkanes of at least 4 members (excludes halogenated alkanes) is 3. The Morgan fingerprint density at radius 2 is 1.29 bits per heavy atom. The summed E-state index contributed by atoms with van der Waals surface area (Å²) in [5.41, 5.74) is -0.0773. The molecule has 1 N–H and O–H groups in total. The minimum absolute atomic E-state index is 0.173. The van der Waals surface area contributed by atoms with Crippen molar-refractivity contribution in [3.8, 4) is 0 Å². The summed E-state index contributed by atoms with van der Waals surface area (Å²) >= 11 is -2.27. The molecule has 0 radical (unpaired) electrons. The zero-order valence-corrected chi connectivity index (χ0v) is 23.1. The summed E-state index contributed by atoms with van der Waals surface area (Å²) < 4.78 is 7.51. The average molecular weight is 497 g/mol. The van der Waals surface area contributed by atoms with Gasteiger partial charge in [0.25, 0.3) is 0 Å². The van der Waals surface area contributed by atoms with Crippen LogP contribution < -0.4 is 0 Å². The van der Waals surface area contributed by atoms with Crippen LogP contribution in [-0.2, 0) is 0 Å². The molecule has 2 fully saturated rings. The first kappa shape index (κ1) is 24.8. The predicted molar refractivity (Wildman–Crippen MR) is 127 cm³/mol. The van der Waals surface area contributed by atoms with E-state index in [9.17, 15) is 5.11 Å². The number of allylic oxidation sites excluding steroid dienone is 1. The van der Waals surface area contributed by atoms with Crippen LogP contribution in [0.5, 0.6) is 0 Å². The maximum atomic E-state index is 11.4.